The molecule has 16 heavy (non-hydrogen) atoms. The van der Waals surface area contributed by atoms with Gasteiger partial charge in [0.1, 0.15) is 11.5 Å². The van der Waals surface area contributed by atoms with Gasteiger partial charge in [-0.05, 0) is 37.7 Å². The van der Waals surface area contributed by atoms with Crippen LogP contribution in [0.2, 0.25) is 0 Å². The van der Waals surface area contributed by atoms with E-state index >= 15 is 0 Å². The number of hydrogen-bond donors (Lipinski definition) is 2. The van der Waals surface area contributed by atoms with Crippen LogP contribution in [0.25, 0.3) is 0 Å². The number of aromatic nitrogens is 1. The van der Waals surface area contributed by atoms with Gasteiger partial charge in [-0.2, -0.15) is 0 Å². The molecule has 3 rings (SSSR count). The van der Waals surface area contributed by atoms with Crippen LogP contribution in [0.15, 0.2) is 9.69 Å². The van der Waals surface area contributed by atoms with E-state index in [0.29, 0.717) is 0 Å². The number of nitrogen functional groups attached to an aromatic ring is 1. The molecule has 1 aromatic heterocycles. The first-order chi connectivity index (χ1) is 7.77. The van der Waals surface area contributed by atoms with Crippen molar-refractivity contribution in [1.82, 2.24) is 4.98 Å². The summed E-state index contributed by atoms with van der Waals surface area (Å²) in [5.74, 6) is 2.32. The van der Waals surface area contributed by atoms with E-state index in [0.717, 1.165) is 47.0 Å². The molecule has 0 saturated carbocycles. The van der Waals surface area contributed by atoms with Crippen molar-refractivity contribution in [1.29, 1.82) is 0 Å². The number of nitrogens with two attached hydrogens (primary N) is 1. The van der Waals surface area contributed by atoms with Gasteiger partial charge >= 0.3 is 5.56 Å². The second kappa shape index (κ2) is 3.84. The number of aryl methyl sites for hydroxylation is 1. The zero-order valence-corrected chi connectivity index (χ0v) is 10.2. The smallest absolute Gasteiger partial charge is 0.305 e. The molecule has 1 aliphatic carbocycles. The van der Waals surface area contributed by atoms with E-state index in [1.807, 2.05) is 0 Å². The van der Waals surface area contributed by atoms with Gasteiger partial charge in [-0.25, -0.2) is 0 Å². The Morgan fingerprint density at radius 1 is 1.12 bits per heavy atom. The minimum atomic E-state index is 0.0865. The molecule has 0 bridgehead atoms. The van der Waals surface area contributed by atoms with E-state index in [9.17, 15) is 4.79 Å². The first kappa shape index (κ1) is 10.3. The summed E-state index contributed by atoms with van der Waals surface area (Å²) in [4.78, 5) is 16.0. The lowest BCUT2D eigenvalue weighted by Crippen LogP contribution is -2.23. The fraction of sp³-hybridized carbons (Fsp3) is 0.583. The van der Waals surface area contributed by atoms with Crippen molar-refractivity contribution >= 4 is 16.6 Å². The van der Waals surface area contributed by atoms with Gasteiger partial charge in [0.15, 0.2) is 0 Å². The highest BCUT2D eigenvalue weighted by Crippen LogP contribution is 2.31. The molecule has 3 N–H and O–H groups in total. The lowest BCUT2D eigenvalue weighted by molar-refractivity contribution is 0.896. The number of nitrogens with one attached hydrogen (secondary N) is 1. The van der Waals surface area contributed by atoms with Crippen molar-refractivity contribution in [2.24, 2.45) is 0 Å². The Labute approximate surface area is 97.8 Å². The van der Waals surface area contributed by atoms with Crippen LogP contribution in [-0.2, 0) is 23.7 Å². The quantitative estimate of drug-likeness (QED) is 0.721. The van der Waals surface area contributed by atoms with Crippen LogP contribution in [0.5, 0.6) is 0 Å². The van der Waals surface area contributed by atoms with Crippen molar-refractivity contribution < 1.29 is 0 Å². The predicted molar refractivity (Wildman–Crippen MR) is 68.1 cm³/mol. The molecule has 0 amide bonds. The van der Waals surface area contributed by atoms with E-state index in [2.05, 4.69) is 4.98 Å². The van der Waals surface area contributed by atoms with Gasteiger partial charge in [0.2, 0.25) is 4.90 Å². The molecular formula is C12H17N2OS+. The average molecular weight is 237 g/mol. The van der Waals surface area contributed by atoms with Gasteiger partial charge in [-0.15, -0.1) is 0 Å². The number of pyridine rings is 1. The van der Waals surface area contributed by atoms with Crippen LogP contribution in [0.3, 0.4) is 0 Å². The van der Waals surface area contributed by atoms with Crippen LogP contribution in [0.1, 0.15) is 30.5 Å². The third-order valence-corrected chi connectivity index (χ3v) is 6.12. The summed E-state index contributed by atoms with van der Waals surface area (Å²) in [6, 6.07) is 0. The molecule has 0 unspecified atom stereocenters. The van der Waals surface area contributed by atoms with Gasteiger partial charge in [-0.1, -0.05) is 0 Å². The number of H-pyrrole nitrogens is 1. The molecule has 2 heterocycles. The highest BCUT2D eigenvalue weighted by atomic mass is 32.2. The van der Waals surface area contributed by atoms with E-state index in [4.69, 9.17) is 5.73 Å². The largest absolute Gasteiger partial charge is 0.394 e. The number of aromatic amines is 1. The molecule has 0 radical (unpaired) electrons. The summed E-state index contributed by atoms with van der Waals surface area (Å²) >= 11 is 0. The Kier molecular flexibility index (Phi) is 2.46. The van der Waals surface area contributed by atoms with Crippen LogP contribution in [-0.4, -0.2) is 16.5 Å². The summed E-state index contributed by atoms with van der Waals surface area (Å²) < 4.78 is 0. The van der Waals surface area contributed by atoms with Gasteiger partial charge in [0, 0.05) is 16.6 Å². The SMILES string of the molecule is Nc1c2c([nH]c(=O)c1[S+]1CCCC1)CCC2. The molecule has 2 aliphatic rings. The van der Waals surface area contributed by atoms with Crippen LogP contribution >= 0.6 is 0 Å². The maximum Gasteiger partial charge on any atom is 0.305 e. The summed E-state index contributed by atoms with van der Waals surface area (Å²) in [5.41, 5.74) is 9.43. The lowest BCUT2D eigenvalue weighted by atomic mass is 10.2. The average Bonchev–Trinajstić information content (AvgIpc) is 2.87. The molecule has 1 fully saturated rings. The maximum absolute atomic E-state index is 12.1. The third kappa shape index (κ3) is 1.47. The highest BCUT2D eigenvalue weighted by molar-refractivity contribution is 7.97. The second-order valence-corrected chi connectivity index (χ2v) is 6.83. The Morgan fingerprint density at radius 2 is 1.88 bits per heavy atom. The van der Waals surface area contributed by atoms with Crippen LogP contribution in [0.4, 0.5) is 5.69 Å². The summed E-state index contributed by atoms with van der Waals surface area (Å²) in [6.45, 7) is 0. The molecule has 86 valence electrons. The van der Waals surface area contributed by atoms with E-state index in [1.165, 1.54) is 18.4 Å². The summed E-state index contributed by atoms with van der Waals surface area (Å²) in [7, 11) is 0.125. The molecule has 0 aromatic carbocycles. The molecule has 0 atom stereocenters. The standard InChI is InChI=1S/C12H16N2OS/c13-10-8-4-3-5-9(8)14-12(15)11(10)16-6-1-2-7-16/h1-7H2,(H2-,13,14,15)/p+1. The first-order valence-corrected chi connectivity index (χ1v) is 7.54. The first-order valence-electron chi connectivity index (χ1n) is 5.98. The van der Waals surface area contributed by atoms with Crippen molar-refractivity contribution in [2.45, 2.75) is 37.0 Å². The Morgan fingerprint density at radius 3 is 2.62 bits per heavy atom. The van der Waals surface area contributed by atoms with E-state index < -0.39 is 0 Å². The number of fused-ring (bicyclic) bond motifs is 1. The van der Waals surface area contributed by atoms with Crippen molar-refractivity contribution in [3.63, 3.8) is 0 Å². The fourth-order valence-corrected chi connectivity index (χ4v) is 5.24. The lowest BCUT2D eigenvalue weighted by Gasteiger charge is -2.07. The molecule has 4 heteroatoms. The van der Waals surface area contributed by atoms with Crippen molar-refractivity contribution in [3.8, 4) is 0 Å². The van der Waals surface area contributed by atoms with Crippen molar-refractivity contribution in [2.75, 3.05) is 17.2 Å². The zero-order valence-electron chi connectivity index (χ0n) is 9.34. The van der Waals surface area contributed by atoms with Crippen molar-refractivity contribution in [3.05, 3.63) is 21.6 Å². The normalized spacial score (nSPS) is 20.2. The molecule has 1 saturated heterocycles. The van der Waals surface area contributed by atoms with E-state index in [1.54, 1.807) is 0 Å². The van der Waals surface area contributed by atoms with Gasteiger partial charge < -0.3 is 10.7 Å². The minimum Gasteiger partial charge on any atom is -0.394 e. The minimum absolute atomic E-state index is 0.0865. The zero-order chi connectivity index (χ0) is 11.1. The number of hydrogen-bond acceptors (Lipinski definition) is 2. The third-order valence-electron chi connectivity index (χ3n) is 3.58. The Hall–Kier alpha value is -0.900. The molecule has 1 aromatic rings. The molecule has 0 spiro atoms. The topological polar surface area (TPSA) is 58.9 Å². The predicted octanol–water partition coefficient (Wildman–Crippen LogP) is 1.22. The number of rotatable bonds is 1. The van der Waals surface area contributed by atoms with Crippen LogP contribution in [0, 0.1) is 0 Å². The van der Waals surface area contributed by atoms with Crippen LogP contribution < -0.4 is 11.3 Å². The van der Waals surface area contributed by atoms with Gasteiger partial charge in [0.25, 0.3) is 0 Å². The summed E-state index contributed by atoms with van der Waals surface area (Å²) in [5, 5.41) is 0. The highest BCUT2D eigenvalue weighted by Gasteiger charge is 2.34. The number of anilines is 1. The Bertz CT molecular complexity index is 475. The fourth-order valence-electron chi connectivity index (χ4n) is 2.78. The second-order valence-electron chi connectivity index (χ2n) is 4.62. The molecule has 1 aliphatic heterocycles. The van der Waals surface area contributed by atoms with Gasteiger partial charge in [0.05, 0.1) is 5.69 Å². The monoisotopic (exact) mass is 237 g/mol. The summed E-state index contributed by atoms with van der Waals surface area (Å²) in [6.07, 6.45) is 5.66. The molecule has 3 nitrogen and oxygen atoms in total. The molecular weight excluding hydrogens is 220 g/mol. The maximum atomic E-state index is 12.1. The Balaban J connectivity index is 2.14. The van der Waals surface area contributed by atoms with E-state index in [-0.39, 0.29) is 16.5 Å². The van der Waals surface area contributed by atoms with Gasteiger partial charge in [-0.3, -0.25) is 4.79 Å².